The number of anilines is 1. The van der Waals surface area contributed by atoms with Crippen molar-refractivity contribution in [1.82, 2.24) is 25.1 Å². The Hall–Kier alpha value is -3.26. The van der Waals surface area contributed by atoms with Crippen molar-refractivity contribution in [2.45, 2.75) is 38.8 Å². The maximum Gasteiger partial charge on any atom is 0.229 e. The van der Waals surface area contributed by atoms with Gasteiger partial charge in [0.15, 0.2) is 11.5 Å². The van der Waals surface area contributed by atoms with Gasteiger partial charge in [0.1, 0.15) is 0 Å². The second-order valence-electron chi connectivity index (χ2n) is 7.82. The van der Waals surface area contributed by atoms with Crippen molar-refractivity contribution in [3.05, 3.63) is 69.8 Å². The molecule has 1 atom stereocenters. The maximum atomic E-state index is 12.9. The average molecular weight is 433 g/mol. The van der Waals surface area contributed by atoms with E-state index in [1.54, 1.807) is 11.3 Å². The third kappa shape index (κ3) is 4.16. The Morgan fingerprint density at radius 1 is 1.23 bits per heavy atom. The number of likely N-dealkylation sites (tertiary alicyclic amines) is 1. The molecule has 158 valence electrons. The number of aryl methyl sites for hydroxylation is 1. The molecule has 5 rings (SSSR count). The van der Waals surface area contributed by atoms with E-state index in [-0.39, 0.29) is 11.9 Å². The van der Waals surface area contributed by atoms with Crippen molar-refractivity contribution in [3.63, 3.8) is 0 Å². The summed E-state index contributed by atoms with van der Waals surface area (Å²) in [6.45, 7) is 3.42. The summed E-state index contributed by atoms with van der Waals surface area (Å²) in [5, 5.41) is 14.7. The van der Waals surface area contributed by atoms with Gasteiger partial charge in [-0.3, -0.25) is 9.89 Å². The minimum Gasteiger partial charge on any atom is -0.364 e. The predicted molar refractivity (Wildman–Crippen MR) is 122 cm³/mol. The number of aromatic nitrogens is 4. The first-order chi connectivity index (χ1) is 15.2. The summed E-state index contributed by atoms with van der Waals surface area (Å²) in [6.07, 6.45) is 2.26. The second kappa shape index (κ2) is 8.47. The largest absolute Gasteiger partial charge is 0.364 e. The molecule has 7 nitrogen and oxygen atoms in total. The quantitative estimate of drug-likeness (QED) is 0.476. The first-order valence-corrected chi connectivity index (χ1v) is 11.4. The van der Waals surface area contributed by atoms with E-state index in [2.05, 4.69) is 32.6 Å². The lowest BCUT2D eigenvalue weighted by molar-refractivity contribution is -0.131. The minimum absolute atomic E-state index is 0.000612. The highest BCUT2D eigenvalue weighted by molar-refractivity contribution is 7.09. The van der Waals surface area contributed by atoms with Gasteiger partial charge in [-0.2, -0.15) is 5.10 Å². The molecule has 1 aliphatic heterocycles. The first kappa shape index (κ1) is 19.7. The summed E-state index contributed by atoms with van der Waals surface area (Å²) in [6, 6.07) is 14.3. The lowest BCUT2D eigenvalue weighted by Gasteiger charge is -2.24. The van der Waals surface area contributed by atoms with Gasteiger partial charge in [0.05, 0.1) is 34.2 Å². The molecule has 1 amide bonds. The number of aromatic amines is 1. The van der Waals surface area contributed by atoms with Crippen LogP contribution in [0.15, 0.2) is 47.8 Å². The zero-order valence-electron chi connectivity index (χ0n) is 17.3. The zero-order chi connectivity index (χ0) is 21.2. The van der Waals surface area contributed by atoms with Gasteiger partial charge in [-0.05, 0) is 37.5 Å². The number of nitrogens with zero attached hydrogens (tertiary/aromatic N) is 4. The number of fused-ring (bicyclic) bond motifs is 1. The monoisotopic (exact) mass is 432 g/mol. The van der Waals surface area contributed by atoms with Crippen LogP contribution in [0.3, 0.4) is 0 Å². The standard InChI is InChI=1S/C23H24N6OS/c1-15-25-17(14-31-15)12-21(30)29-11-5-8-20(29)19-10-9-18-22(27-28-23(18)26-19)24-13-16-6-3-2-4-7-16/h2-4,6-7,9-10,14,20H,5,8,11-13H2,1H3,(H2,24,26,27,28)/t20-/m1/s1. The van der Waals surface area contributed by atoms with E-state index in [1.807, 2.05) is 47.5 Å². The number of amides is 1. The van der Waals surface area contributed by atoms with E-state index in [9.17, 15) is 4.79 Å². The molecule has 1 aliphatic rings. The Morgan fingerprint density at radius 2 is 2.10 bits per heavy atom. The number of carbonyl (C=O) groups is 1. The van der Waals surface area contributed by atoms with Gasteiger partial charge in [0.2, 0.25) is 5.91 Å². The SMILES string of the molecule is Cc1nc(CC(=O)N2CCC[C@@H]2c2ccc3c(NCc4ccccc4)n[nH]c3n2)cs1. The number of nitrogens with one attached hydrogen (secondary N) is 2. The summed E-state index contributed by atoms with van der Waals surface area (Å²) in [4.78, 5) is 24.1. The summed E-state index contributed by atoms with van der Waals surface area (Å²) >= 11 is 1.58. The number of rotatable bonds is 6. The Balaban J connectivity index is 1.32. The van der Waals surface area contributed by atoms with Crippen LogP contribution in [-0.2, 0) is 17.8 Å². The van der Waals surface area contributed by atoms with E-state index < -0.39 is 0 Å². The van der Waals surface area contributed by atoms with Crippen molar-refractivity contribution in [1.29, 1.82) is 0 Å². The minimum atomic E-state index is 0.000612. The number of thiazole rings is 1. The average Bonchev–Trinajstić information content (AvgIpc) is 3.52. The van der Waals surface area contributed by atoms with Crippen LogP contribution in [0.25, 0.3) is 11.0 Å². The summed E-state index contributed by atoms with van der Waals surface area (Å²) in [5.74, 6) is 0.903. The van der Waals surface area contributed by atoms with Gasteiger partial charge in [-0.15, -0.1) is 11.3 Å². The van der Waals surface area contributed by atoms with Crippen LogP contribution in [0.1, 0.15) is 40.8 Å². The number of hydrogen-bond donors (Lipinski definition) is 2. The Kier molecular flexibility index (Phi) is 5.38. The molecular weight excluding hydrogens is 408 g/mol. The topological polar surface area (TPSA) is 86.8 Å². The molecule has 1 aromatic carbocycles. The Labute approximate surface area is 184 Å². The van der Waals surface area contributed by atoms with Gasteiger partial charge < -0.3 is 10.2 Å². The van der Waals surface area contributed by atoms with Crippen LogP contribution in [0.2, 0.25) is 0 Å². The number of hydrogen-bond acceptors (Lipinski definition) is 6. The molecule has 4 heterocycles. The smallest absolute Gasteiger partial charge is 0.229 e. The molecule has 1 fully saturated rings. The Bertz CT molecular complexity index is 1200. The number of benzene rings is 1. The van der Waals surface area contributed by atoms with E-state index >= 15 is 0 Å². The molecule has 1 saturated heterocycles. The van der Waals surface area contributed by atoms with Gasteiger partial charge >= 0.3 is 0 Å². The van der Waals surface area contributed by atoms with Crippen molar-refractivity contribution >= 4 is 34.1 Å². The fourth-order valence-corrected chi connectivity index (χ4v) is 4.75. The molecule has 3 aromatic heterocycles. The van der Waals surface area contributed by atoms with Gasteiger partial charge in [-0.1, -0.05) is 30.3 Å². The molecule has 0 spiro atoms. The van der Waals surface area contributed by atoms with Crippen molar-refractivity contribution < 1.29 is 4.79 Å². The molecule has 4 aromatic rings. The number of H-pyrrole nitrogens is 1. The van der Waals surface area contributed by atoms with Gasteiger partial charge in [-0.25, -0.2) is 9.97 Å². The molecule has 0 unspecified atom stereocenters. The van der Waals surface area contributed by atoms with E-state index in [0.29, 0.717) is 13.0 Å². The van der Waals surface area contributed by atoms with Crippen molar-refractivity contribution in [3.8, 4) is 0 Å². The molecule has 8 heteroatoms. The van der Waals surface area contributed by atoms with E-state index in [1.165, 1.54) is 5.56 Å². The lowest BCUT2D eigenvalue weighted by Crippen LogP contribution is -2.32. The van der Waals surface area contributed by atoms with Gasteiger partial charge in [0.25, 0.3) is 0 Å². The highest BCUT2D eigenvalue weighted by Gasteiger charge is 2.31. The molecule has 31 heavy (non-hydrogen) atoms. The third-order valence-corrected chi connectivity index (χ3v) is 6.48. The number of pyridine rings is 1. The van der Waals surface area contributed by atoms with Crippen molar-refractivity contribution in [2.24, 2.45) is 0 Å². The van der Waals surface area contributed by atoms with Crippen molar-refractivity contribution in [2.75, 3.05) is 11.9 Å². The van der Waals surface area contributed by atoms with E-state index in [0.717, 1.165) is 52.6 Å². The fourth-order valence-electron chi connectivity index (χ4n) is 4.14. The highest BCUT2D eigenvalue weighted by atomic mass is 32.1. The van der Waals surface area contributed by atoms with E-state index in [4.69, 9.17) is 4.98 Å². The summed E-state index contributed by atoms with van der Waals surface area (Å²) in [7, 11) is 0. The lowest BCUT2D eigenvalue weighted by atomic mass is 10.1. The highest BCUT2D eigenvalue weighted by Crippen LogP contribution is 2.33. The predicted octanol–water partition coefficient (Wildman–Crippen LogP) is 4.24. The number of carbonyl (C=O) groups excluding carboxylic acids is 1. The van der Waals surface area contributed by atoms with Crippen LogP contribution < -0.4 is 5.32 Å². The summed E-state index contributed by atoms with van der Waals surface area (Å²) < 4.78 is 0. The molecule has 0 radical (unpaired) electrons. The molecule has 0 aliphatic carbocycles. The molecule has 0 bridgehead atoms. The molecule has 2 N–H and O–H groups in total. The molecular formula is C23H24N6OS. The van der Waals surface area contributed by atoms with Crippen LogP contribution in [0, 0.1) is 6.92 Å². The summed E-state index contributed by atoms with van der Waals surface area (Å²) in [5.41, 5.74) is 3.69. The Morgan fingerprint density at radius 3 is 2.90 bits per heavy atom. The second-order valence-corrected chi connectivity index (χ2v) is 8.89. The maximum absolute atomic E-state index is 12.9. The van der Waals surface area contributed by atoms with Gasteiger partial charge in [0, 0.05) is 18.5 Å². The van der Waals surface area contributed by atoms with Crippen LogP contribution in [0.5, 0.6) is 0 Å². The fraction of sp³-hybridized carbons (Fsp3) is 0.304. The van der Waals surface area contributed by atoms with Crippen LogP contribution in [0.4, 0.5) is 5.82 Å². The first-order valence-electron chi connectivity index (χ1n) is 10.5. The normalized spacial score (nSPS) is 16.2. The van der Waals surface area contributed by atoms with Crippen LogP contribution >= 0.6 is 11.3 Å². The molecule has 0 saturated carbocycles. The third-order valence-electron chi connectivity index (χ3n) is 5.66. The van der Waals surface area contributed by atoms with Crippen LogP contribution in [-0.4, -0.2) is 37.5 Å². The zero-order valence-corrected chi connectivity index (χ0v) is 18.2.